The Morgan fingerprint density at radius 2 is 1.76 bits per heavy atom. The Labute approximate surface area is 147 Å². The van der Waals surface area contributed by atoms with Crippen molar-refractivity contribution in [2.45, 2.75) is 63.7 Å². The number of hydrogen-bond donors (Lipinski definition) is 1. The number of carboxylic acids is 1. The average molecular weight is 339 g/mol. The quantitative estimate of drug-likeness (QED) is 0.917. The fourth-order valence-corrected chi connectivity index (χ4v) is 6.21. The highest BCUT2D eigenvalue weighted by atomic mass is 16.4. The molecule has 132 valence electrons. The monoisotopic (exact) mass is 339 g/mol. The predicted molar refractivity (Wildman–Crippen MR) is 93.9 cm³/mol. The molecule has 2 heterocycles. The summed E-state index contributed by atoms with van der Waals surface area (Å²) in [5, 5.41) is 13.6. The topological polar surface area (TPSA) is 67.5 Å². The summed E-state index contributed by atoms with van der Waals surface area (Å²) in [5.41, 5.74) is 3.25. The van der Waals surface area contributed by atoms with Crippen molar-refractivity contribution in [1.29, 1.82) is 0 Å². The SMILES string of the molecule is CC(C)c1cc(C23CC4CC(CC(C4)C2)C3)nc2cc(C(=O)O)nn12. The van der Waals surface area contributed by atoms with Gasteiger partial charge in [0, 0.05) is 17.2 Å². The first-order valence-corrected chi connectivity index (χ1v) is 9.58. The average Bonchev–Trinajstić information content (AvgIpc) is 2.96. The summed E-state index contributed by atoms with van der Waals surface area (Å²) < 4.78 is 1.73. The lowest BCUT2D eigenvalue weighted by Gasteiger charge is -2.56. The van der Waals surface area contributed by atoms with Gasteiger partial charge in [-0.25, -0.2) is 14.3 Å². The van der Waals surface area contributed by atoms with Crippen molar-refractivity contribution >= 4 is 11.6 Å². The van der Waals surface area contributed by atoms with E-state index in [0.29, 0.717) is 5.65 Å². The van der Waals surface area contributed by atoms with Gasteiger partial charge >= 0.3 is 5.97 Å². The number of aromatic nitrogens is 3. The zero-order valence-corrected chi connectivity index (χ0v) is 14.9. The summed E-state index contributed by atoms with van der Waals surface area (Å²) in [4.78, 5) is 16.3. The number of fused-ring (bicyclic) bond motifs is 1. The van der Waals surface area contributed by atoms with Crippen LogP contribution in [0, 0.1) is 17.8 Å². The van der Waals surface area contributed by atoms with Crippen LogP contribution in [0.1, 0.15) is 80.2 Å². The van der Waals surface area contributed by atoms with Crippen LogP contribution in [0.5, 0.6) is 0 Å². The first kappa shape index (κ1) is 15.4. The standard InChI is InChI=1S/C20H25N3O2/c1-11(2)16-7-17(21-18-6-15(19(24)25)22-23(16)18)20-8-12-3-13(9-20)5-14(4-12)10-20/h6-7,11-14H,3-5,8-10H2,1-2H3,(H,24,25). The van der Waals surface area contributed by atoms with Crippen LogP contribution in [0.2, 0.25) is 0 Å². The lowest BCUT2D eigenvalue weighted by atomic mass is 9.49. The fraction of sp³-hybridized carbons (Fsp3) is 0.650. The van der Waals surface area contributed by atoms with Crippen molar-refractivity contribution < 1.29 is 9.90 Å². The van der Waals surface area contributed by atoms with Gasteiger partial charge in [0.1, 0.15) is 0 Å². The molecule has 0 spiro atoms. The molecule has 6 rings (SSSR count). The third kappa shape index (κ3) is 2.24. The second-order valence-corrected chi connectivity index (χ2v) is 9.02. The van der Waals surface area contributed by atoms with Crippen LogP contribution in [0.25, 0.3) is 5.65 Å². The van der Waals surface area contributed by atoms with E-state index in [1.807, 2.05) is 0 Å². The zero-order chi connectivity index (χ0) is 17.3. The van der Waals surface area contributed by atoms with Crippen LogP contribution in [-0.4, -0.2) is 25.7 Å². The van der Waals surface area contributed by atoms with Crippen molar-refractivity contribution in [3.63, 3.8) is 0 Å². The van der Waals surface area contributed by atoms with Gasteiger partial charge in [0.25, 0.3) is 0 Å². The van der Waals surface area contributed by atoms with E-state index in [1.165, 1.54) is 44.2 Å². The Morgan fingerprint density at radius 3 is 2.28 bits per heavy atom. The molecule has 0 atom stereocenters. The smallest absolute Gasteiger partial charge is 0.356 e. The second kappa shape index (κ2) is 5.05. The minimum Gasteiger partial charge on any atom is -0.476 e. The minimum absolute atomic E-state index is 0.0806. The van der Waals surface area contributed by atoms with E-state index in [-0.39, 0.29) is 17.0 Å². The van der Waals surface area contributed by atoms with Gasteiger partial charge in [-0.1, -0.05) is 13.8 Å². The number of carbonyl (C=O) groups is 1. The Morgan fingerprint density at radius 1 is 1.16 bits per heavy atom. The maximum absolute atomic E-state index is 11.4. The van der Waals surface area contributed by atoms with Crippen LogP contribution in [0.4, 0.5) is 0 Å². The van der Waals surface area contributed by atoms with Crippen LogP contribution >= 0.6 is 0 Å². The van der Waals surface area contributed by atoms with Crippen LogP contribution in [-0.2, 0) is 5.41 Å². The molecule has 0 saturated heterocycles. The molecule has 4 aliphatic carbocycles. The molecule has 2 aromatic heterocycles. The highest BCUT2D eigenvalue weighted by Gasteiger charge is 2.52. The first-order chi connectivity index (χ1) is 11.9. The molecule has 5 heteroatoms. The maximum Gasteiger partial charge on any atom is 0.356 e. The lowest BCUT2D eigenvalue weighted by Crippen LogP contribution is -2.49. The largest absolute Gasteiger partial charge is 0.476 e. The molecule has 4 fully saturated rings. The molecule has 0 aliphatic heterocycles. The third-order valence-corrected chi connectivity index (χ3v) is 6.85. The highest BCUT2D eigenvalue weighted by molar-refractivity contribution is 5.86. The van der Waals surface area contributed by atoms with E-state index in [4.69, 9.17) is 4.98 Å². The summed E-state index contributed by atoms with van der Waals surface area (Å²) in [5.74, 6) is 1.89. The molecule has 25 heavy (non-hydrogen) atoms. The van der Waals surface area contributed by atoms with Crippen molar-refractivity contribution in [2.75, 3.05) is 0 Å². The Bertz CT molecular complexity index is 832. The first-order valence-electron chi connectivity index (χ1n) is 9.58. The number of nitrogens with zero attached hydrogens (tertiary/aromatic N) is 3. The van der Waals surface area contributed by atoms with Crippen LogP contribution in [0.3, 0.4) is 0 Å². The van der Waals surface area contributed by atoms with Gasteiger partial charge in [0.2, 0.25) is 0 Å². The Kier molecular flexibility index (Phi) is 3.10. The minimum atomic E-state index is -0.989. The summed E-state index contributed by atoms with van der Waals surface area (Å²) in [7, 11) is 0. The molecule has 0 unspecified atom stereocenters. The summed E-state index contributed by atoms with van der Waals surface area (Å²) >= 11 is 0. The number of aromatic carboxylic acids is 1. The molecule has 4 bridgehead atoms. The van der Waals surface area contributed by atoms with E-state index in [1.54, 1.807) is 10.6 Å². The van der Waals surface area contributed by atoms with E-state index < -0.39 is 5.97 Å². The van der Waals surface area contributed by atoms with Gasteiger partial charge in [-0.2, -0.15) is 5.10 Å². The van der Waals surface area contributed by atoms with E-state index in [0.717, 1.165) is 23.4 Å². The number of rotatable bonds is 3. The van der Waals surface area contributed by atoms with Gasteiger partial charge in [-0.15, -0.1) is 0 Å². The van der Waals surface area contributed by atoms with Crippen molar-refractivity contribution in [1.82, 2.24) is 14.6 Å². The fourth-order valence-electron chi connectivity index (χ4n) is 6.21. The number of carboxylic acid groups (broad SMARTS) is 1. The van der Waals surface area contributed by atoms with Gasteiger partial charge < -0.3 is 5.11 Å². The molecule has 0 amide bonds. The van der Waals surface area contributed by atoms with E-state index in [9.17, 15) is 9.90 Å². The Balaban J connectivity index is 1.67. The van der Waals surface area contributed by atoms with Crippen molar-refractivity contribution in [2.24, 2.45) is 17.8 Å². The molecule has 4 aliphatic rings. The third-order valence-electron chi connectivity index (χ3n) is 6.85. The van der Waals surface area contributed by atoms with Crippen molar-refractivity contribution in [3.8, 4) is 0 Å². The Hall–Kier alpha value is -1.91. The van der Waals surface area contributed by atoms with E-state index in [2.05, 4.69) is 25.0 Å². The molecule has 5 nitrogen and oxygen atoms in total. The molecular formula is C20H25N3O2. The predicted octanol–water partition coefficient (Wildman–Crippen LogP) is 4.02. The summed E-state index contributed by atoms with van der Waals surface area (Å²) in [6, 6.07) is 3.85. The maximum atomic E-state index is 11.4. The zero-order valence-electron chi connectivity index (χ0n) is 14.9. The molecular weight excluding hydrogens is 314 g/mol. The van der Waals surface area contributed by atoms with Crippen LogP contribution < -0.4 is 0 Å². The van der Waals surface area contributed by atoms with Gasteiger partial charge in [0.05, 0.1) is 5.69 Å². The lowest BCUT2D eigenvalue weighted by molar-refractivity contribution is -0.00719. The van der Waals surface area contributed by atoms with Gasteiger partial charge in [-0.05, 0) is 68.3 Å². The summed E-state index contributed by atoms with van der Waals surface area (Å²) in [6.07, 6.45) is 8.02. The summed E-state index contributed by atoms with van der Waals surface area (Å²) in [6.45, 7) is 4.28. The van der Waals surface area contributed by atoms with Gasteiger partial charge in [-0.3, -0.25) is 0 Å². The second-order valence-electron chi connectivity index (χ2n) is 9.02. The molecule has 2 aromatic rings. The molecule has 1 N–H and O–H groups in total. The normalized spacial score (nSPS) is 33.5. The van der Waals surface area contributed by atoms with Crippen molar-refractivity contribution in [3.05, 3.63) is 29.2 Å². The number of hydrogen-bond acceptors (Lipinski definition) is 3. The van der Waals surface area contributed by atoms with Crippen LogP contribution in [0.15, 0.2) is 12.1 Å². The molecule has 4 saturated carbocycles. The highest BCUT2D eigenvalue weighted by Crippen LogP contribution is 2.60. The van der Waals surface area contributed by atoms with Gasteiger partial charge in [0.15, 0.2) is 11.3 Å². The van der Waals surface area contributed by atoms with E-state index >= 15 is 0 Å². The molecule has 0 aromatic carbocycles. The molecule has 0 radical (unpaired) electrons.